The Kier molecular flexibility index (Phi) is 4.32. The zero-order chi connectivity index (χ0) is 15.0. The third kappa shape index (κ3) is 3.49. The molecule has 0 spiro atoms. The van der Waals surface area contributed by atoms with Crippen molar-refractivity contribution in [3.8, 4) is 0 Å². The van der Waals surface area contributed by atoms with Crippen LogP contribution in [0.5, 0.6) is 0 Å². The molecule has 0 aliphatic heterocycles. The molecule has 0 saturated heterocycles. The first-order valence-corrected chi connectivity index (χ1v) is 4.73. The Balaban J connectivity index is 4.99. The number of amides is 1. The molecule has 0 atom stereocenters. The van der Waals surface area contributed by atoms with E-state index in [1.165, 1.54) is 26.1 Å². The summed E-state index contributed by atoms with van der Waals surface area (Å²) in [6, 6.07) is 0. The Bertz CT molecular complexity index is 316. The van der Waals surface area contributed by atoms with Gasteiger partial charge in [-0.05, 0) is 5.41 Å². The fourth-order valence-corrected chi connectivity index (χ4v) is 0.777. The van der Waals surface area contributed by atoms with Crippen molar-refractivity contribution in [1.29, 1.82) is 0 Å². The fraction of sp³-hybridized carbons (Fsp3) is 0.889. The lowest BCUT2D eigenvalue weighted by Crippen LogP contribution is -2.60. The number of halogens is 7. The van der Waals surface area contributed by atoms with E-state index < -0.39 is 35.9 Å². The first-order valence-electron chi connectivity index (χ1n) is 4.73. The van der Waals surface area contributed by atoms with Crippen LogP contribution in [0, 0.1) is 5.41 Å². The van der Waals surface area contributed by atoms with E-state index in [2.05, 4.69) is 0 Å². The van der Waals surface area contributed by atoms with Gasteiger partial charge in [-0.15, -0.1) is 0 Å². The van der Waals surface area contributed by atoms with E-state index in [0.717, 1.165) is 0 Å². The molecule has 0 aromatic carbocycles. The van der Waals surface area contributed by atoms with Crippen molar-refractivity contribution in [2.75, 3.05) is 6.54 Å². The number of nitrogens with one attached hydrogen (secondary N) is 1. The highest BCUT2D eigenvalue weighted by atomic mass is 19.4. The maximum atomic E-state index is 12.8. The van der Waals surface area contributed by atoms with Crippen LogP contribution >= 0.6 is 0 Å². The van der Waals surface area contributed by atoms with Crippen molar-refractivity contribution in [1.82, 2.24) is 5.32 Å². The lowest BCUT2D eigenvalue weighted by atomic mass is 9.96. The van der Waals surface area contributed by atoms with Gasteiger partial charge in [0.25, 0.3) is 5.91 Å². The van der Waals surface area contributed by atoms with Gasteiger partial charge in [0.1, 0.15) is 0 Å². The van der Waals surface area contributed by atoms with Crippen LogP contribution in [-0.4, -0.2) is 30.5 Å². The molecular weight excluding hydrogens is 271 g/mol. The molecule has 1 amide bonds. The third-order valence-corrected chi connectivity index (χ3v) is 1.81. The second-order valence-corrected chi connectivity index (χ2v) is 4.89. The van der Waals surface area contributed by atoms with Gasteiger partial charge in [-0.3, -0.25) is 4.79 Å². The van der Waals surface area contributed by atoms with Gasteiger partial charge in [0.2, 0.25) is 0 Å². The van der Waals surface area contributed by atoms with E-state index in [9.17, 15) is 35.5 Å². The Hall–Kier alpha value is -1.02. The standard InChI is InChI=1S/C9H12F7NO/c1-6(2,3)4-17-5(18)7(10,11)8(12,13)9(14,15)16/h4H2,1-3H3,(H,17,18). The summed E-state index contributed by atoms with van der Waals surface area (Å²) in [4.78, 5) is 10.8. The van der Waals surface area contributed by atoms with Crippen LogP contribution in [0.1, 0.15) is 20.8 Å². The van der Waals surface area contributed by atoms with Crippen molar-refractivity contribution in [2.24, 2.45) is 5.41 Å². The minimum atomic E-state index is -6.50. The van der Waals surface area contributed by atoms with Gasteiger partial charge < -0.3 is 5.32 Å². The first kappa shape index (κ1) is 17.0. The molecule has 0 bridgehead atoms. The summed E-state index contributed by atoms with van der Waals surface area (Å²) in [6.45, 7) is 3.98. The zero-order valence-electron chi connectivity index (χ0n) is 9.76. The predicted octanol–water partition coefficient (Wildman–Crippen LogP) is 2.98. The molecule has 0 aromatic rings. The van der Waals surface area contributed by atoms with Crippen molar-refractivity contribution in [2.45, 2.75) is 38.8 Å². The molecule has 18 heavy (non-hydrogen) atoms. The molecule has 0 radical (unpaired) electrons. The molecular formula is C9H12F7NO. The number of rotatable bonds is 3. The average Bonchev–Trinajstić information content (AvgIpc) is 2.10. The van der Waals surface area contributed by atoms with Crippen molar-refractivity contribution < 1.29 is 35.5 Å². The van der Waals surface area contributed by atoms with Crippen molar-refractivity contribution >= 4 is 5.91 Å². The second kappa shape index (κ2) is 4.58. The van der Waals surface area contributed by atoms with Crippen LogP contribution in [0.3, 0.4) is 0 Å². The number of hydrogen-bond donors (Lipinski definition) is 1. The molecule has 0 rings (SSSR count). The van der Waals surface area contributed by atoms with Crippen LogP contribution in [0.15, 0.2) is 0 Å². The summed E-state index contributed by atoms with van der Waals surface area (Å²) in [5.41, 5.74) is -0.737. The van der Waals surface area contributed by atoms with Gasteiger partial charge in [0.05, 0.1) is 0 Å². The Morgan fingerprint density at radius 3 is 1.61 bits per heavy atom. The van der Waals surface area contributed by atoms with E-state index in [4.69, 9.17) is 0 Å². The summed E-state index contributed by atoms with van der Waals surface area (Å²) in [7, 11) is 0. The summed E-state index contributed by atoms with van der Waals surface area (Å²) in [5.74, 6) is -14.9. The molecule has 0 aliphatic rings. The number of carbonyl (C=O) groups is 1. The minimum absolute atomic E-state index is 0.463. The molecule has 9 heteroatoms. The van der Waals surface area contributed by atoms with Crippen molar-refractivity contribution in [3.63, 3.8) is 0 Å². The summed E-state index contributed by atoms with van der Waals surface area (Å²) in [5, 5.41) is 1.37. The highest BCUT2D eigenvalue weighted by Crippen LogP contribution is 2.46. The van der Waals surface area contributed by atoms with E-state index in [0.29, 0.717) is 0 Å². The highest BCUT2D eigenvalue weighted by Gasteiger charge is 2.76. The minimum Gasteiger partial charge on any atom is -0.350 e. The van der Waals surface area contributed by atoms with Crippen LogP contribution in [0.2, 0.25) is 0 Å². The normalized spacial score (nSPS) is 14.6. The number of hydrogen-bond acceptors (Lipinski definition) is 1. The Morgan fingerprint density at radius 2 is 1.33 bits per heavy atom. The summed E-state index contributed by atoms with van der Waals surface area (Å²) >= 11 is 0. The molecule has 0 saturated carbocycles. The van der Waals surface area contributed by atoms with E-state index in [1.54, 1.807) is 0 Å². The van der Waals surface area contributed by atoms with Gasteiger partial charge in [-0.2, -0.15) is 30.7 Å². The van der Waals surface area contributed by atoms with Crippen LogP contribution in [-0.2, 0) is 4.79 Å². The largest absolute Gasteiger partial charge is 0.460 e. The molecule has 1 N–H and O–H groups in total. The van der Waals surface area contributed by atoms with Crippen LogP contribution in [0.25, 0.3) is 0 Å². The predicted molar refractivity (Wildman–Crippen MR) is 48.4 cm³/mol. The van der Waals surface area contributed by atoms with E-state index >= 15 is 0 Å². The first-order chi connectivity index (χ1) is 7.63. The maximum Gasteiger partial charge on any atom is 0.460 e. The summed E-state index contributed by atoms with van der Waals surface area (Å²) < 4.78 is 85.7. The van der Waals surface area contributed by atoms with Gasteiger partial charge in [-0.25, -0.2) is 0 Å². The molecule has 0 aliphatic carbocycles. The topological polar surface area (TPSA) is 29.1 Å². The van der Waals surface area contributed by atoms with Gasteiger partial charge >= 0.3 is 18.0 Å². The SMILES string of the molecule is CC(C)(C)CNC(=O)C(F)(F)C(F)(F)C(F)(F)F. The van der Waals surface area contributed by atoms with E-state index in [-0.39, 0.29) is 0 Å². The smallest absolute Gasteiger partial charge is 0.350 e. The molecule has 0 fully saturated rings. The molecule has 0 aromatic heterocycles. The zero-order valence-corrected chi connectivity index (χ0v) is 9.76. The molecule has 108 valence electrons. The van der Waals surface area contributed by atoms with Crippen LogP contribution < -0.4 is 5.32 Å². The Morgan fingerprint density at radius 1 is 0.944 bits per heavy atom. The quantitative estimate of drug-likeness (QED) is 0.793. The monoisotopic (exact) mass is 283 g/mol. The molecule has 0 heterocycles. The van der Waals surface area contributed by atoms with Crippen LogP contribution in [0.4, 0.5) is 30.7 Å². The molecule has 2 nitrogen and oxygen atoms in total. The third-order valence-electron chi connectivity index (χ3n) is 1.81. The average molecular weight is 283 g/mol. The molecule has 0 unspecified atom stereocenters. The van der Waals surface area contributed by atoms with Crippen molar-refractivity contribution in [3.05, 3.63) is 0 Å². The number of carbonyl (C=O) groups excluding carboxylic acids is 1. The van der Waals surface area contributed by atoms with Gasteiger partial charge in [-0.1, -0.05) is 20.8 Å². The maximum absolute atomic E-state index is 12.8. The fourth-order valence-electron chi connectivity index (χ4n) is 0.777. The van der Waals surface area contributed by atoms with E-state index in [1.807, 2.05) is 0 Å². The summed E-state index contributed by atoms with van der Waals surface area (Å²) in [6.07, 6.45) is -6.50. The highest BCUT2D eigenvalue weighted by molar-refractivity contribution is 5.84. The second-order valence-electron chi connectivity index (χ2n) is 4.89. The van der Waals surface area contributed by atoms with Gasteiger partial charge in [0.15, 0.2) is 0 Å². The Labute approximate surface area is 98.5 Å². The number of alkyl halides is 7. The van der Waals surface area contributed by atoms with Gasteiger partial charge in [0, 0.05) is 6.54 Å². The lowest BCUT2D eigenvalue weighted by Gasteiger charge is -2.28. The lowest BCUT2D eigenvalue weighted by molar-refractivity contribution is -0.344.